The normalized spacial score (nSPS) is 38.2. The molecule has 0 aromatic carbocycles. The zero-order valence-electron chi connectivity index (χ0n) is 12.5. The summed E-state index contributed by atoms with van der Waals surface area (Å²) >= 11 is 0. The molecule has 1 aliphatic heterocycles. The maximum atomic E-state index is 3.86. The summed E-state index contributed by atoms with van der Waals surface area (Å²) in [4.78, 5) is 2.80. The van der Waals surface area contributed by atoms with E-state index in [0.717, 1.165) is 18.4 Å². The van der Waals surface area contributed by atoms with Gasteiger partial charge in [-0.05, 0) is 58.3 Å². The van der Waals surface area contributed by atoms with Crippen LogP contribution in [0.5, 0.6) is 0 Å². The Morgan fingerprint density at radius 1 is 1.06 bits per heavy atom. The van der Waals surface area contributed by atoms with Gasteiger partial charge < -0.3 is 5.32 Å². The van der Waals surface area contributed by atoms with E-state index >= 15 is 0 Å². The highest BCUT2D eigenvalue weighted by molar-refractivity contribution is 5.06. The molecule has 1 heterocycles. The summed E-state index contributed by atoms with van der Waals surface area (Å²) in [6.45, 7) is 11.1. The summed E-state index contributed by atoms with van der Waals surface area (Å²) in [7, 11) is 0. The lowest BCUT2D eigenvalue weighted by Gasteiger charge is -2.52. The third-order valence-electron chi connectivity index (χ3n) is 5.73. The van der Waals surface area contributed by atoms with Crippen LogP contribution in [0.3, 0.4) is 0 Å². The lowest BCUT2D eigenvalue weighted by molar-refractivity contribution is 0.0132. The third-order valence-corrected chi connectivity index (χ3v) is 5.73. The first-order valence-corrected chi connectivity index (χ1v) is 8.00. The van der Waals surface area contributed by atoms with Crippen molar-refractivity contribution in [3.8, 4) is 0 Å². The quantitative estimate of drug-likeness (QED) is 0.828. The van der Waals surface area contributed by atoms with Gasteiger partial charge in [-0.3, -0.25) is 4.90 Å². The number of piperazine rings is 1. The maximum absolute atomic E-state index is 3.86. The van der Waals surface area contributed by atoms with Crippen molar-refractivity contribution >= 4 is 0 Å². The van der Waals surface area contributed by atoms with Crippen molar-refractivity contribution in [2.75, 3.05) is 19.6 Å². The van der Waals surface area contributed by atoms with Gasteiger partial charge in [0.2, 0.25) is 0 Å². The van der Waals surface area contributed by atoms with Crippen LogP contribution in [-0.2, 0) is 0 Å². The van der Waals surface area contributed by atoms with Crippen LogP contribution in [0.2, 0.25) is 0 Å². The molecular formula is C16H30N2. The highest BCUT2D eigenvalue weighted by Crippen LogP contribution is 2.43. The van der Waals surface area contributed by atoms with Gasteiger partial charge in [0.1, 0.15) is 0 Å². The van der Waals surface area contributed by atoms with Crippen molar-refractivity contribution in [3.05, 3.63) is 0 Å². The van der Waals surface area contributed by atoms with Crippen LogP contribution in [0.1, 0.15) is 59.3 Å². The second-order valence-corrected chi connectivity index (χ2v) is 7.89. The van der Waals surface area contributed by atoms with Crippen molar-refractivity contribution < 1.29 is 0 Å². The van der Waals surface area contributed by atoms with Crippen molar-refractivity contribution in [1.82, 2.24) is 10.2 Å². The first kappa shape index (κ1) is 12.9. The van der Waals surface area contributed by atoms with Crippen molar-refractivity contribution in [1.29, 1.82) is 0 Å². The molecule has 0 aromatic heterocycles. The minimum atomic E-state index is 0.344. The Kier molecular flexibility index (Phi) is 3.22. The Morgan fingerprint density at radius 3 is 2.33 bits per heavy atom. The SMILES string of the molecule is CC1(C2CC2)CN(CC2CCCC2)C(C)(C)CN1. The molecule has 104 valence electrons. The first-order chi connectivity index (χ1) is 8.50. The van der Waals surface area contributed by atoms with Crippen LogP contribution in [-0.4, -0.2) is 35.6 Å². The van der Waals surface area contributed by atoms with Gasteiger partial charge in [-0.25, -0.2) is 0 Å². The fourth-order valence-corrected chi connectivity index (χ4v) is 4.01. The largest absolute Gasteiger partial charge is 0.308 e. The Labute approximate surface area is 113 Å². The molecule has 1 unspecified atom stereocenters. The minimum absolute atomic E-state index is 0.344. The van der Waals surface area contributed by atoms with E-state index in [1.165, 1.54) is 51.6 Å². The van der Waals surface area contributed by atoms with Crippen LogP contribution >= 0.6 is 0 Å². The fraction of sp³-hybridized carbons (Fsp3) is 1.00. The van der Waals surface area contributed by atoms with Crippen LogP contribution < -0.4 is 5.32 Å². The number of hydrogen-bond donors (Lipinski definition) is 1. The van der Waals surface area contributed by atoms with Gasteiger partial charge >= 0.3 is 0 Å². The number of rotatable bonds is 3. The minimum Gasteiger partial charge on any atom is -0.308 e. The van der Waals surface area contributed by atoms with Gasteiger partial charge in [0, 0.05) is 30.7 Å². The molecule has 2 saturated carbocycles. The number of nitrogens with one attached hydrogen (secondary N) is 1. The van der Waals surface area contributed by atoms with E-state index in [2.05, 4.69) is 31.0 Å². The molecular weight excluding hydrogens is 220 g/mol. The van der Waals surface area contributed by atoms with Gasteiger partial charge in [-0.2, -0.15) is 0 Å². The molecule has 3 aliphatic rings. The Balaban J connectivity index is 1.67. The average molecular weight is 250 g/mol. The number of nitrogens with zero attached hydrogens (tertiary/aromatic N) is 1. The summed E-state index contributed by atoms with van der Waals surface area (Å²) in [6, 6.07) is 0. The fourth-order valence-electron chi connectivity index (χ4n) is 4.01. The molecule has 0 amide bonds. The van der Waals surface area contributed by atoms with E-state index < -0.39 is 0 Å². The van der Waals surface area contributed by atoms with Gasteiger partial charge in [-0.15, -0.1) is 0 Å². The second kappa shape index (κ2) is 4.49. The Morgan fingerprint density at radius 2 is 1.72 bits per heavy atom. The highest BCUT2D eigenvalue weighted by atomic mass is 15.3. The molecule has 18 heavy (non-hydrogen) atoms. The smallest absolute Gasteiger partial charge is 0.0309 e. The molecule has 0 spiro atoms. The molecule has 1 saturated heterocycles. The van der Waals surface area contributed by atoms with Crippen LogP contribution in [0, 0.1) is 11.8 Å². The molecule has 3 rings (SSSR count). The molecule has 3 fully saturated rings. The summed E-state index contributed by atoms with van der Waals surface area (Å²) in [5, 5.41) is 3.86. The van der Waals surface area contributed by atoms with E-state index in [-0.39, 0.29) is 0 Å². The lowest BCUT2D eigenvalue weighted by Crippen LogP contribution is -2.68. The van der Waals surface area contributed by atoms with Crippen LogP contribution in [0.4, 0.5) is 0 Å². The highest BCUT2D eigenvalue weighted by Gasteiger charge is 2.48. The van der Waals surface area contributed by atoms with E-state index in [0.29, 0.717) is 11.1 Å². The maximum Gasteiger partial charge on any atom is 0.0309 e. The van der Waals surface area contributed by atoms with Gasteiger partial charge in [-0.1, -0.05) is 12.8 Å². The molecule has 2 nitrogen and oxygen atoms in total. The van der Waals surface area contributed by atoms with Gasteiger partial charge in [0.15, 0.2) is 0 Å². The summed E-state index contributed by atoms with van der Waals surface area (Å²) in [5.74, 6) is 1.92. The molecule has 0 bridgehead atoms. The zero-order chi connectivity index (χ0) is 12.8. The Hall–Kier alpha value is -0.0800. The third kappa shape index (κ3) is 2.46. The molecule has 0 aromatic rings. The van der Waals surface area contributed by atoms with E-state index in [1.807, 2.05) is 0 Å². The van der Waals surface area contributed by atoms with Crippen molar-refractivity contribution in [2.24, 2.45) is 11.8 Å². The van der Waals surface area contributed by atoms with Gasteiger partial charge in [0.05, 0.1) is 0 Å². The molecule has 0 radical (unpaired) electrons. The topological polar surface area (TPSA) is 15.3 Å². The van der Waals surface area contributed by atoms with Crippen molar-refractivity contribution in [3.63, 3.8) is 0 Å². The summed E-state index contributed by atoms with van der Waals surface area (Å²) < 4.78 is 0. The molecule has 1 N–H and O–H groups in total. The van der Waals surface area contributed by atoms with E-state index in [9.17, 15) is 0 Å². The van der Waals surface area contributed by atoms with Crippen LogP contribution in [0.15, 0.2) is 0 Å². The molecule has 2 heteroatoms. The van der Waals surface area contributed by atoms with E-state index in [4.69, 9.17) is 0 Å². The average Bonchev–Trinajstić information content (AvgIpc) is 3.06. The lowest BCUT2D eigenvalue weighted by atomic mass is 9.85. The van der Waals surface area contributed by atoms with Crippen molar-refractivity contribution in [2.45, 2.75) is 70.4 Å². The van der Waals surface area contributed by atoms with E-state index in [1.54, 1.807) is 0 Å². The monoisotopic (exact) mass is 250 g/mol. The molecule has 2 aliphatic carbocycles. The summed E-state index contributed by atoms with van der Waals surface area (Å²) in [5.41, 5.74) is 0.741. The second-order valence-electron chi connectivity index (χ2n) is 7.89. The zero-order valence-corrected chi connectivity index (χ0v) is 12.5. The summed E-state index contributed by atoms with van der Waals surface area (Å²) in [6.07, 6.45) is 8.77. The Bertz CT molecular complexity index is 302. The molecule has 1 atom stereocenters. The van der Waals surface area contributed by atoms with Gasteiger partial charge in [0.25, 0.3) is 0 Å². The standard InChI is InChI=1S/C16H30N2/c1-15(2)11-17-16(3,14-8-9-14)12-18(15)10-13-6-4-5-7-13/h13-14,17H,4-12H2,1-3H3. The van der Waals surface area contributed by atoms with Crippen LogP contribution in [0.25, 0.3) is 0 Å². The first-order valence-electron chi connectivity index (χ1n) is 8.00. The predicted octanol–water partition coefficient (Wildman–Crippen LogP) is 3.03. The predicted molar refractivity (Wildman–Crippen MR) is 76.7 cm³/mol. The number of hydrogen-bond acceptors (Lipinski definition) is 2.